The molecule has 0 N–H and O–H groups in total. The quantitative estimate of drug-likeness (QED) is 0.584. The standard InChI is InChI=1S/C6H9F6O3P/c1-2-4(6(10,11)12)15-16(13,14)3-5(7,8)9/h4H,2-3H2,1H3,(H,13,14)/p-1. The zero-order chi connectivity index (χ0) is 13.2. The number of rotatable bonds is 4. The predicted octanol–water partition coefficient (Wildman–Crippen LogP) is 2.46. The Morgan fingerprint density at radius 2 is 1.69 bits per heavy atom. The smallest absolute Gasteiger partial charge is 0.415 e. The Morgan fingerprint density at radius 3 is 1.94 bits per heavy atom. The van der Waals surface area contributed by atoms with E-state index in [1.54, 1.807) is 0 Å². The van der Waals surface area contributed by atoms with Crippen LogP contribution in [0.15, 0.2) is 0 Å². The maximum absolute atomic E-state index is 12.0. The Morgan fingerprint density at radius 1 is 1.25 bits per heavy atom. The highest BCUT2D eigenvalue weighted by atomic mass is 31.2. The fourth-order valence-corrected chi connectivity index (χ4v) is 1.99. The van der Waals surface area contributed by atoms with Gasteiger partial charge in [0.05, 0.1) is 0 Å². The second-order valence-electron chi connectivity index (χ2n) is 2.93. The van der Waals surface area contributed by atoms with Gasteiger partial charge in [0.15, 0.2) is 6.10 Å². The van der Waals surface area contributed by atoms with Crippen molar-refractivity contribution in [1.29, 1.82) is 0 Å². The van der Waals surface area contributed by atoms with Crippen molar-refractivity contribution < 1.29 is 40.3 Å². The molecule has 0 aliphatic heterocycles. The monoisotopic (exact) mass is 273 g/mol. The zero-order valence-corrected chi connectivity index (χ0v) is 8.83. The van der Waals surface area contributed by atoms with E-state index in [0.29, 0.717) is 0 Å². The van der Waals surface area contributed by atoms with Crippen LogP contribution in [0.25, 0.3) is 0 Å². The molecule has 0 spiro atoms. The molecule has 0 fully saturated rings. The Kier molecular flexibility index (Phi) is 4.85. The summed E-state index contributed by atoms with van der Waals surface area (Å²) >= 11 is 0. The second kappa shape index (κ2) is 4.93. The summed E-state index contributed by atoms with van der Waals surface area (Å²) in [6, 6.07) is 0. The minimum Gasteiger partial charge on any atom is -0.778 e. The van der Waals surface area contributed by atoms with Crippen LogP contribution < -0.4 is 4.89 Å². The maximum Gasteiger partial charge on any atom is 0.415 e. The molecule has 0 saturated carbocycles. The summed E-state index contributed by atoms with van der Waals surface area (Å²) in [5, 5.41) is 0. The van der Waals surface area contributed by atoms with Crippen LogP contribution in [0.3, 0.4) is 0 Å². The number of alkyl halides is 6. The van der Waals surface area contributed by atoms with Gasteiger partial charge in [0, 0.05) is 0 Å². The van der Waals surface area contributed by atoms with Gasteiger partial charge in [-0.15, -0.1) is 0 Å². The van der Waals surface area contributed by atoms with Gasteiger partial charge in [0.1, 0.15) is 13.8 Å². The third kappa shape index (κ3) is 6.34. The van der Waals surface area contributed by atoms with E-state index in [1.807, 2.05) is 0 Å². The van der Waals surface area contributed by atoms with E-state index < -0.39 is 38.6 Å². The van der Waals surface area contributed by atoms with Gasteiger partial charge in [-0.25, -0.2) is 0 Å². The lowest BCUT2D eigenvalue weighted by molar-refractivity contribution is -0.243. The summed E-state index contributed by atoms with van der Waals surface area (Å²) in [6.45, 7) is 0.950. The van der Waals surface area contributed by atoms with Crippen molar-refractivity contribution in [3.05, 3.63) is 0 Å². The molecule has 0 amide bonds. The minimum atomic E-state index is -5.58. The van der Waals surface area contributed by atoms with Crippen molar-refractivity contribution in [1.82, 2.24) is 0 Å². The van der Waals surface area contributed by atoms with Gasteiger partial charge in [0.2, 0.25) is 0 Å². The Bertz CT molecular complexity index is 272. The van der Waals surface area contributed by atoms with E-state index in [-0.39, 0.29) is 0 Å². The van der Waals surface area contributed by atoms with Crippen molar-refractivity contribution in [3.8, 4) is 0 Å². The first-order valence-corrected chi connectivity index (χ1v) is 5.72. The van der Waals surface area contributed by atoms with Crippen LogP contribution in [0.1, 0.15) is 13.3 Å². The molecule has 16 heavy (non-hydrogen) atoms. The van der Waals surface area contributed by atoms with Crippen LogP contribution >= 0.6 is 7.60 Å². The van der Waals surface area contributed by atoms with E-state index in [0.717, 1.165) is 6.92 Å². The highest BCUT2D eigenvalue weighted by Crippen LogP contribution is 2.46. The molecule has 0 radical (unpaired) electrons. The Hall–Kier alpha value is -0.270. The summed E-state index contributed by atoms with van der Waals surface area (Å²) in [6.07, 6.45) is -16.1. The molecule has 0 aromatic heterocycles. The third-order valence-corrected chi connectivity index (χ3v) is 2.72. The molecule has 0 heterocycles. The molecule has 0 bridgehead atoms. The normalized spacial score (nSPS) is 19.2. The molecule has 10 heteroatoms. The van der Waals surface area contributed by atoms with Crippen LogP contribution in [-0.4, -0.2) is 24.6 Å². The van der Waals surface area contributed by atoms with Crippen LogP contribution in [-0.2, 0) is 9.09 Å². The number of hydrogen-bond acceptors (Lipinski definition) is 3. The largest absolute Gasteiger partial charge is 0.778 e. The molecule has 2 atom stereocenters. The summed E-state index contributed by atoms with van der Waals surface area (Å²) in [4.78, 5) is 10.6. The molecule has 0 aromatic rings. The SMILES string of the molecule is CCC(OP(=O)([O-])CC(F)(F)F)C(F)(F)F. The van der Waals surface area contributed by atoms with Crippen molar-refractivity contribution >= 4 is 7.60 Å². The van der Waals surface area contributed by atoms with Gasteiger partial charge in [-0.3, -0.25) is 0 Å². The van der Waals surface area contributed by atoms with Gasteiger partial charge in [-0.1, -0.05) is 6.92 Å². The van der Waals surface area contributed by atoms with Crippen LogP contribution in [0.5, 0.6) is 0 Å². The molecule has 0 aromatic carbocycles. The third-order valence-electron chi connectivity index (χ3n) is 1.40. The molecule has 0 aliphatic rings. The van der Waals surface area contributed by atoms with Crippen molar-refractivity contribution in [2.75, 3.05) is 6.16 Å². The molecule has 0 aliphatic carbocycles. The molecule has 3 nitrogen and oxygen atoms in total. The zero-order valence-electron chi connectivity index (χ0n) is 7.93. The van der Waals surface area contributed by atoms with Crippen molar-refractivity contribution in [3.63, 3.8) is 0 Å². The van der Waals surface area contributed by atoms with Gasteiger partial charge in [-0.2, -0.15) is 26.3 Å². The topological polar surface area (TPSA) is 49.4 Å². The Labute approximate surface area is 86.9 Å². The number of hydrogen-bond donors (Lipinski definition) is 0. The highest BCUT2D eigenvalue weighted by molar-refractivity contribution is 7.51. The van der Waals surface area contributed by atoms with E-state index in [9.17, 15) is 35.8 Å². The second-order valence-corrected chi connectivity index (χ2v) is 4.68. The van der Waals surface area contributed by atoms with E-state index in [2.05, 4.69) is 4.52 Å². The molecule has 2 unspecified atom stereocenters. The summed E-state index contributed by atoms with van der Waals surface area (Å²) in [7, 11) is -5.58. The predicted molar refractivity (Wildman–Crippen MR) is 39.7 cm³/mol. The fraction of sp³-hybridized carbons (Fsp3) is 1.00. The van der Waals surface area contributed by atoms with Gasteiger partial charge >= 0.3 is 12.4 Å². The van der Waals surface area contributed by atoms with E-state index >= 15 is 0 Å². The van der Waals surface area contributed by atoms with Crippen LogP contribution in [0, 0.1) is 0 Å². The van der Waals surface area contributed by atoms with E-state index in [4.69, 9.17) is 0 Å². The number of halogens is 6. The average Bonchev–Trinajstić information content (AvgIpc) is 1.93. The molecule has 0 saturated heterocycles. The molecular formula is C6H8F6O3P-. The summed E-state index contributed by atoms with van der Waals surface area (Å²) in [5.41, 5.74) is 0. The lowest BCUT2D eigenvalue weighted by Crippen LogP contribution is -2.33. The first-order chi connectivity index (χ1) is 6.87. The summed E-state index contributed by atoms with van der Waals surface area (Å²) in [5.74, 6) is 0. The summed E-state index contributed by atoms with van der Waals surface area (Å²) < 4.78 is 85.2. The lowest BCUT2D eigenvalue weighted by atomic mass is 10.3. The van der Waals surface area contributed by atoms with Crippen LogP contribution in [0.4, 0.5) is 26.3 Å². The molecular weight excluding hydrogens is 265 g/mol. The van der Waals surface area contributed by atoms with Crippen molar-refractivity contribution in [2.24, 2.45) is 0 Å². The first kappa shape index (κ1) is 15.7. The first-order valence-electron chi connectivity index (χ1n) is 3.99. The average molecular weight is 273 g/mol. The molecule has 98 valence electrons. The Balaban J connectivity index is 4.63. The lowest BCUT2D eigenvalue weighted by Gasteiger charge is -2.29. The van der Waals surface area contributed by atoms with Crippen LogP contribution in [0.2, 0.25) is 0 Å². The van der Waals surface area contributed by atoms with Gasteiger partial charge in [-0.05, 0) is 6.42 Å². The molecule has 0 rings (SSSR count). The minimum absolute atomic E-state index is 0.784. The van der Waals surface area contributed by atoms with Gasteiger partial charge < -0.3 is 14.0 Å². The fourth-order valence-electron chi connectivity index (χ4n) is 0.816. The highest BCUT2D eigenvalue weighted by Gasteiger charge is 2.43. The maximum atomic E-state index is 12.0. The van der Waals surface area contributed by atoms with E-state index in [1.165, 1.54) is 0 Å². The van der Waals surface area contributed by atoms with Gasteiger partial charge in [0.25, 0.3) is 0 Å². The van der Waals surface area contributed by atoms with Crippen molar-refractivity contribution in [2.45, 2.75) is 31.8 Å².